The van der Waals surface area contributed by atoms with E-state index in [9.17, 15) is 5.11 Å². The number of hydrogen-bond donors (Lipinski definition) is 3. The molecule has 0 heterocycles. The second kappa shape index (κ2) is 9.58. The van der Waals surface area contributed by atoms with Gasteiger partial charge in [0.15, 0.2) is 5.96 Å². The van der Waals surface area contributed by atoms with Crippen molar-refractivity contribution >= 4 is 29.9 Å². The molecule has 1 aliphatic rings. The first-order valence-electron chi connectivity index (χ1n) is 6.87. The van der Waals surface area contributed by atoms with Crippen LogP contribution in [0.15, 0.2) is 17.1 Å². The Hall–Kier alpha value is -0.300. The fourth-order valence-corrected chi connectivity index (χ4v) is 2.58. The van der Waals surface area contributed by atoms with Crippen molar-refractivity contribution in [1.82, 2.24) is 5.32 Å². The standard InChI is InChI=1S/C14H27N3O.HI/c1-12(2)10-16-13(15)17-11-14(8-9-18)6-4-3-5-7-14;/h18H,1,3-11H2,2H3,(H3,15,16,17);1H. The third kappa shape index (κ3) is 7.15. The van der Waals surface area contributed by atoms with Crippen LogP contribution in [0.25, 0.3) is 0 Å². The highest BCUT2D eigenvalue weighted by molar-refractivity contribution is 14.0. The zero-order valence-electron chi connectivity index (χ0n) is 12.0. The second-order valence-electron chi connectivity index (χ2n) is 5.55. The molecule has 112 valence electrons. The van der Waals surface area contributed by atoms with Crippen molar-refractivity contribution in [2.75, 3.05) is 19.7 Å². The number of halogens is 1. The zero-order chi connectivity index (χ0) is 13.4. The van der Waals surface area contributed by atoms with Crippen LogP contribution in [-0.4, -0.2) is 30.8 Å². The third-order valence-corrected chi connectivity index (χ3v) is 3.71. The minimum atomic E-state index is 0. The van der Waals surface area contributed by atoms with Gasteiger partial charge in [0, 0.05) is 19.7 Å². The van der Waals surface area contributed by atoms with Gasteiger partial charge in [-0.2, -0.15) is 0 Å². The molecule has 1 aliphatic carbocycles. The molecule has 0 saturated heterocycles. The molecule has 0 aromatic carbocycles. The van der Waals surface area contributed by atoms with E-state index in [1.54, 1.807) is 0 Å². The monoisotopic (exact) mass is 381 g/mol. The van der Waals surface area contributed by atoms with Gasteiger partial charge in [0.2, 0.25) is 0 Å². The lowest BCUT2D eigenvalue weighted by atomic mass is 9.72. The van der Waals surface area contributed by atoms with E-state index in [1.165, 1.54) is 19.3 Å². The van der Waals surface area contributed by atoms with Crippen LogP contribution in [0, 0.1) is 5.41 Å². The maximum atomic E-state index is 9.22. The second-order valence-corrected chi connectivity index (χ2v) is 5.55. The molecule has 0 atom stereocenters. The number of aliphatic hydroxyl groups is 1. The Morgan fingerprint density at radius 1 is 1.37 bits per heavy atom. The van der Waals surface area contributed by atoms with Crippen molar-refractivity contribution in [3.8, 4) is 0 Å². The van der Waals surface area contributed by atoms with Crippen molar-refractivity contribution in [2.45, 2.75) is 45.4 Å². The van der Waals surface area contributed by atoms with Gasteiger partial charge in [0.1, 0.15) is 0 Å². The van der Waals surface area contributed by atoms with E-state index in [0.717, 1.165) is 31.4 Å². The molecule has 1 rings (SSSR count). The highest BCUT2D eigenvalue weighted by Gasteiger charge is 2.31. The van der Waals surface area contributed by atoms with Crippen molar-refractivity contribution < 1.29 is 5.11 Å². The Bertz CT molecular complexity index is 294. The lowest BCUT2D eigenvalue weighted by molar-refractivity contribution is 0.137. The molecule has 0 aromatic heterocycles. The number of hydrogen-bond acceptors (Lipinski definition) is 2. The van der Waals surface area contributed by atoms with Gasteiger partial charge in [-0.1, -0.05) is 31.4 Å². The minimum Gasteiger partial charge on any atom is -0.396 e. The van der Waals surface area contributed by atoms with Crippen molar-refractivity contribution in [2.24, 2.45) is 16.1 Å². The highest BCUT2D eigenvalue weighted by atomic mass is 127. The SMILES string of the molecule is C=C(C)CNC(N)=NCC1(CCO)CCCCC1.I. The number of aliphatic imine (C=N–C) groups is 1. The normalized spacial score (nSPS) is 18.5. The van der Waals surface area contributed by atoms with Gasteiger partial charge < -0.3 is 16.2 Å². The van der Waals surface area contributed by atoms with Crippen molar-refractivity contribution in [1.29, 1.82) is 0 Å². The van der Waals surface area contributed by atoms with E-state index in [-0.39, 0.29) is 36.0 Å². The van der Waals surface area contributed by atoms with Gasteiger partial charge >= 0.3 is 0 Å². The quantitative estimate of drug-likeness (QED) is 0.286. The Morgan fingerprint density at radius 2 is 2.00 bits per heavy atom. The first-order valence-corrected chi connectivity index (χ1v) is 6.87. The lowest BCUT2D eigenvalue weighted by Gasteiger charge is -2.35. The van der Waals surface area contributed by atoms with Crippen LogP contribution in [0.5, 0.6) is 0 Å². The molecule has 0 bridgehead atoms. The number of guanidine groups is 1. The fourth-order valence-electron chi connectivity index (χ4n) is 2.58. The van der Waals surface area contributed by atoms with Crippen molar-refractivity contribution in [3.05, 3.63) is 12.2 Å². The van der Waals surface area contributed by atoms with Crippen molar-refractivity contribution in [3.63, 3.8) is 0 Å². The number of nitrogens with two attached hydrogens (primary N) is 1. The van der Waals surface area contributed by atoms with Crippen LogP contribution in [0.2, 0.25) is 0 Å². The Kier molecular flexibility index (Phi) is 9.43. The fraction of sp³-hybridized carbons (Fsp3) is 0.786. The van der Waals surface area contributed by atoms with Gasteiger partial charge in [-0.15, -0.1) is 24.0 Å². The summed E-state index contributed by atoms with van der Waals surface area (Å²) < 4.78 is 0. The summed E-state index contributed by atoms with van der Waals surface area (Å²) in [7, 11) is 0. The molecule has 1 saturated carbocycles. The molecule has 0 radical (unpaired) electrons. The van der Waals surface area contributed by atoms with Gasteiger partial charge in [-0.25, -0.2) is 0 Å². The largest absolute Gasteiger partial charge is 0.396 e. The summed E-state index contributed by atoms with van der Waals surface area (Å²) in [6, 6.07) is 0. The molecule has 4 nitrogen and oxygen atoms in total. The highest BCUT2D eigenvalue weighted by Crippen LogP contribution is 2.39. The predicted octanol–water partition coefficient (Wildman–Crippen LogP) is 2.42. The summed E-state index contributed by atoms with van der Waals surface area (Å²) >= 11 is 0. The molecule has 0 aliphatic heterocycles. The minimum absolute atomic E-state index is 0. The van der Waals surface area contributed by atoms with Crippen LogP contribution in [0.3, 0.4) is 0 Å². The van der Waals surface area contributed by atoms with E-state index in [1.807, 2.05) is 6.92 Å². The van der Waals surface area contributed by atoms with Crippen LogP contribution in [0.1, 0.15) is 45.4 Å². The number of nitrogens with one attached hydrogen (secondary N) is 1. The molecule has 0 unspecified atom stereocenters. The number of rotatable bonds is 6. The van der Waals surface area contributed by atoms with Crippen LogP contribution in [-0.2, 0) is 0 Å². The van der Waals surface area contributed by atoms with Crippen LogP contribution < -0.4 is 11.1 Å². The summed E-state index contributed by atoms with van der Waals surface area (Å²) in [4.78, 5) is 4.44. The molecular weight excluding hydrogens is 353 g/mol. The first kappa shape index (κ1) is 18.7. The van der Waals surface area contributed by atoms with Crippen LogP contribution in [0.4, 0.5) is 0 Å². The molecule has 19 heavy (non-hydrogen) atoms. The molecule has 0 spiro atoms. The smallest absolute Gasteiger partial charge is 0.188 e. The Morgan fingerprint density at radius 3 is 2.53 bits per heavy atom. The molecule has 4 N–H and O–H groups in total. The molecule has 0 aromatic rings. The van der Waals surface area contributed by atoms with E-state index in [2.05, 4.69) is 16.9 Å². The first-order chi connectivity index (χ1) is 8.58. The maximum Gasteiger partial charge on any atom is 0.188 e. The van der Waals surface area contributed by atoms with Crippen LogP contribution >= 0.6 is 24.0 Å². The third-order valence-electron chi connectivity index (χ3n) is 3.71. The van der Waals surface area contributed by atoms with E-state index < -0.39 is 0 Å². The van der Waals surface area contributed by atoms with Gasteiger partial charge in [0.05, 0.1) is 0 Å². The summed E-state index contributed by atoms with van der Waals surface area (Å²) in [5.74, 6) is 0.487. The number of aliphatic hydroxyl groups excluding tert-OH is 1. The Balaban J connectivity index is 0.00000324. The average Bonchev–Trinajstić information content (AvgIpc) is 2.35. The Labute approximate surface area is 134 Å². The summed E-state index contributed by atoms with van der Waals surface area (Å²) in [5.41, 5.74) is 7.04. The number of nitrogens with zero attached hydrogens (tertiary/aromatic N) is 1. The molecule has 0 amide bonds. The molecule has 5 heteroatoms. The summed E-state index contributed by atoms with van der Waals surface area (Å²) in [6.45, 7) is 7.41. The van der Waals surface area contributed by atoms with Gasteiger partial charge in [-0.3, -0.25) is 4.99 Å². The summed E-state index contributed by atoms with van der Waals surface area (Å²) in [6.07, 6.45) is 6.95. The molecule has 1 fully saturated rings. The van der Waals surface area contributed by atoms with E-state index in [4.69, 9.17) is 5.73 Å². The topological polar surface area (TPSA) is 70.6 Å². The maximum absolute atomic E-state index is 9.22. The van der Waals surface area contributed by atoms with E-state index >= 15 is 0 Å². The average molecular weight is 381 g/mol. The zero-order valence-corrected chi connectivity index (χ0v) is 14.3. The van der Waals surface area contributed by atoms with Gasteiger partial charge in [0.25, 0.3) is 0 Å². The lowest BCUT2D eigenvalue weighted by Crippen LogP contribution is -2.35. The summed E-state index contributed by atoms with van der Waals surface area (Å²) in [5, 5.41) is 12.3. The predicted molar refractivity (Wildman–Crippen MR) is 91.9 cm³/mol. The van der Waals surface area contributed by atoms with E-state index in [0.29, 0.717) is 12.5 Å². The van der Waals surface area contributed by atoms with Gasteiger partial charge in [-0.05, 0) is 31.6 Å². The molecular formula is C14H28IN3O.